The first-order chi connectivity index (χ1) is 21.3. The van der Waals surface area contributed by atoms with Crippen LogP contribution in [0.3, 0.4) is 0 Å². The first-order valence-corrected chi connectivity index (χ1v) is 16.2. The molecule has 5 N–H and O–H groups in total. The number of carbonyl (C=O) groups is 1. The molecule has 232 valence electrons. The van der Waals surface area contributed by atoms with Crippen LogP contribution in [0.1, 0.15) is 51.7 Å². The minimum Gasteiger partial charge on any atom is -0.465 e. The number of thiazole rings is 2. The fraction of sp³-hybridized carbons (Fsp3) is 0.294. The summed E-state index contributed by atoms with van der Waals surface area (Å²) < 4.78 is 0. The van der Waals surface area contributed by atoms with Crippen LogP contribution in [0.25, 0.3) is 42.2 Å². The van der Waals surface area contributed by atoms with Crippen molar-refractivity contribution in [3.05, 3.63) is 84.2 Å². The Balaban J connectivity index is 1.40. The van der Waals surface area contributed by atoms with Gasteiger partial charge in [0.15, 0.2) is 0 Å². The van der Waals surface area contributed by atoms with E-state index in [1.54, 1.807) is 36.7 Å². The molecule has 0 spiro atoms. The summed E-state index contributed by atoms with van der Waals surface area (Å²) in [6.45, 7) is 7.20. The van der Waals surface area contributed by atoms with Crippen molar-refractivity contribution in [3.63, 3.8) is 0 Å². The average Bonchev–Trinajstić information content (AvgIpc) is 3.64. The van der Waals surface area contributed by atoms with Crippen LogP contribution in [0.15, 0.2) is 73.1 Å². The number of aliphatic hydroxyl groups excluding tert-OH is 1. The molecule has 1 aliphatic carbocycles. The number of rotatable bonds is 7. The zero-order chi connectivity index (χ0) is 32.1. The molecule has 0 bridgehead atoms. The van der Waals surface area contributed by atoms with Gasteiger partial charge >= 0.3 is 6.09 Å². The van der Waals surface area contributed by atoms with Crippen molar-refractivity contribution in [2.75, 3.05) is 5.73 Å². The molecular formula is C34H35N5O4S2. The highest BCUT2D eigenvalue weighted by atomic mass is 32.1. The van der Waals surface area contributed by atoms with Crippen LogP contribution in [0.5, 0.6) is 0 Å². The van der Waals surface area contributed by atoms with Crippen molar-refractivity contribution in [3.8, 4) is 42.2 Å². The third-order valence-corrected chi connectivity index (χ3v) is 10.5. The number of nitrogens with two attached hydrogens (primary N) is 1. The van der Waals surface area contributed by atoms with E-state index < -0.39 is 22.8 Å². The topological polar surface area (TPSA) is 146 Å². The van der Waals surface area contributed by atoms with Crippen LogP contribution in [0.4, 0.5) is 10.6 Å². The monoisotopic (exact) mass is 641 g/mol. The number of hydrogen-bond acceptors (Lipinski definition) is 9. The van der Waals surface area contributed by atoms with Gasteiger partial charge in [0.25, 0.3) is 0 Å². The number of pyridine rings is 1. The molecule has 5 aromatic rings. The summed E-state index contributed by atoms with van der Waals surface area (Å²) in [5, 5.41) is 32.2. The molecule has 0 saturated heterocycles. The average molecular weight is 642 g/mol. The molecule has 1 aliphatic rings. The van der Waals surface area contributed by atoms with E-state index in [9.17, 15) is 20.1 Å². The van der Waals surface area contributed by atoms with E-state index in [0.29, 0.717) is 24.2 Å². The second-order valence-electron chi connectivity index (χ2n) is 12.8. The summed E-state index contributed by atoms with van der Waals surface area (Å²) in [6, 6.07) is 19.8. The Morgan fingerprint density at radius 2 is 1.64 bits per heavy atom. The Bertz CT molecular complexity index is 1850. The van der Waals surface area contributed by atoms with Crippen LogP contribution < -0.4 is 5.73 Å². The number of carboxylic acid groups (broad SMARTS) is 1. The second-order valence-corrected chi connectivity index (χ2v) is 14.8. The van der Waals surface area contributed by atoms with Gasteiger partial charge in [0, 0.05) is 47.5 Å². The smallest absolute Gasteiger partial charge is 0.408 e. The number of aliphatic hydroxyl groups is 2. The Morgan fingerprint density at radius 1 is 0.956 bits per heavy atom. The van der Waals surface area contributed by atoms with Gasteiger partial charge in [-0.05, 0) is 44.9 Å². The highest BCUT2D eigenvalue weighted by Crippen LogP contribution is 2.55. The zero-order valence-electron chi connectivity index (χ0n) is 25.5. The Labute approximate surface area is 269 Å². The largest absolute Gasteiger partial charge is 0.465 e. The van der Waals surface area contributed by atoms with Gasteiger partial charge in [-0.15, -0.1) is 22.7 Å². The fourth-order valence-corrected chi connectivity index (χ4v) is 8.46. The summed E-state index contributed by atoms with van der Waals surface area (Å²) in [5.41, 5.74) is 8.35. The van der Waals surface area contributed by atoms with Gasteiger partial charge in [0.2, 0.25) is 0 Å². The first kappa shape index (κ1) is 30.8. The van der Waals surface area contributed by atoms with E-state index in [-0.39, 0.29) is 6.61 Å². The quantitative estimate of drug-likeness (QED) is 0.145. The van der Waals surface area contributed by atoms with Gasteiger partial charge in [-0.2, -0.15) is 0 Å². The molecule has 3 aromatic heterocycles. The number of nitrogen functional groups attached to an aromatic ring is 1. The van der Waals surface area contributed by atoms with Gasteiger partial charge in [0.05, 0.1) is 33.2 Å². The lowest BCUT2D eigenvalue weighted by molar-refractivity contribution is -0.152. The van der Waals surface area contributed by atoms with E-state index in [1.807, 2.05) is 63.2 Å². The molecule has 1 amide bonds. The van der Waals surface area contributed by atoms with Crippen LogP contribution in [0, 0.1) is 0 Å². The zero-order valence-corrected chi connectivity index (χ0v) is 27.1. The van der Waals surface area contributed by atoms with Crippen LogP contribution in [0.2, 0.25) is 0 Å². The maximum atomic E-state index is 12.5. The van der Waals surface area contributed by atoms with Crippen LogP contribution in [-0.4, -0.2) is 52.4 Å². The van der Waals surface area contributed by atoms with E-state index in [2.05, 4.69) is 22.1 Å². The summed E-state index contributed by atoms with van der Waals surface area (Å²) in [5.74, 6) is 0.295. The van der Waals surface area contributed by atoms with Crippen molar-refractivity contribution < 1.29 is 20.1 Å². The van der Waals surface area contributed by atoms with Crippen molar-refractivity contribution in [2.24, 2.45) is 0 Å². The molecular weight excluding hydrogens is 607 g/mol. The lowest BCUT2D eigenvalue weighted by Gasteiger charge is -2.60. The van der Waals surface area contributed by atoms with Crippen molar-refractivity contribution >= 4 is 34.6 Å². The number of amides is 1. The number of nitrogens with zero attached hydrogens (tertiary/aromatic N) is 4. The highest BCUT2D eigenvalue weighted by Gasteiger charge is 2.59. The lowest BCUT2D eigenvalue weighted by Crippen LogP contribution is -2.67. The number of hydrogen-bond donors (Lipinski definition) is 4. The minimum atomic E-state index is -1.01. The molecule has 6 rings (SSSR count). The molecule has 3 heterocycles. The third kappa shape index (κ3) is 5.72. The molecule has 45 heavy (non-hydrogen) atoms. The van der Waals surface area contributed by atoms with Crippen molar-refractivity contribution in [2.45, 2.75) is 63.8 Å². The molecule has 2 aromatic carbocycles. The minimum absolute atomic E-state index is 0.203. The fourth-order valence-electron chi connectivity index (χ4n) is 6.43. The van der Waals surface area contributed by atoms with E-state index >= 15 is 0 Å². The second kappa shape index (κ2) is 11.3. The third-order valence-electron chi connectivity index (χ3n) is 8.13. The molecule has 0 aliphatic heterocycles. The van der Waals surface area contributed by atoms with E-state index in [4.69, 9.17) is 10.7 Å². The maximum absolute atomic E-state index is 12.5. The van der Waals surface area contributed by atoms with Crippen LogP contribution >= 0.6 is 22.7 Å². The van der Waals surface area contributed by atoms with Gasteiger partial charge in [-0.25, -0.2) is 19.7 Å². The van der Waals surface area contributed by atoms with Crippen molar-refractivity contribution in [1.29, 1.82) is 0 Å². The molecule has 1 saturated carbocycles. The van der Waals surface area contributed by atoms with Gasteiger partial charge in [-0.3, -0.25) is 4.90 Å². The number of benzene rings is 2. The van der Waals surface area contributed by atoms with E-state index in [0.717, 1.165) is 47.7 Å². The number of anilines is 1. The first-order valence-electron chi connectivity index (χ1n) is 14.6. The molecule has 9 nitrogen and oxygen atoms in total. The highest BCUT2D eigenvalue weighted by molar-refractivity contribution is 7.25. The maximum Gasteiger partial charge on any atom is 0.408 e. The molecule has 0 radical (unpaired) electrons. The summed E-state index contributed by atoms with van der Waals surface area (Å²) in [7, 11) is 0. The molecule has 11 heteroatoms. The van der Waals surface area contributed by atoms with Gasteiger partial charge < -0.3 is 21.1 Å². The Kier molecular flexibility index (Phi) is 7.77. The van der Waals surface area contributed by atoms with E-state index in [1.165, 1.54) is 16.2 Å². The Morgan fingerprint density at radius 3 is 2.24 bits per heavy atom. The number of aromatic nitrogens is 3. The van der Waals surface area contributed by atoms with Gasteiger partial charge in [0.1, 0.15) is 15.8 Å². The molecule has 0 unspecified atom stereocenters. The molecule has 1 fully saturated rings. The standard InChI is InChI=1S/C34H35N5O4S2/c1-32(2,3)39(31(41)42)34(18-33(4,43)19-34)24-12-10-20(11-13-24)26-27(21-8-6-5-7-9-21)45-30(38-26)25-16-37-29(44-25)22-14-23(17-40)28(35)36-15-22/h5-16,40,43H,17-19H2,1-4H3,(H2,35,36)(H,41,42). The normalized spacial score (nSPS) is 19.7. The summed E-state index contributed by atoms with van der Waals surface area (Å²) in [6.07, 6.45) is 3.07. The summed E-state index contributed by atoms with van der Waals surface area (Å²) in [4.78, 5) is 29.9. The molecule has 0 atom stereocenters. The predicted molar refractivity (Wildman–Crippen MR) is 179 cm³/mol. The van der Waals surface area contributed by atoms with Crippen molar-refractivity contribution in [1.82, 2.24) is 19.9 Å². The predicted octanol–water partition coefficient (Wildman–Crippen LogP) is 7.26. The Hall–Kier alpha value is -4.16. The SMILES string of the molecule is CC1(O)CC(c2ccc(-c3nc(-c4cnc(-c5cnc(N)c(CO)c5)s4)sc3-c3ccccc3)cc2)(N(C(=O)O)C(C)(C)C)C1. The lowest BCUT2D eigenvalue weighted by atomic mass is 9.60. The summed E-state index contributed by atoms with van der Waals surface area (Å²) >= 11 is 3.07. The van der Waals surface area contributed by atoms with Gasteiger partial charge in [-0.1, -0.05) is 54.6 Å². The van der Waals surface area contributed by atoms with Crippen LogP contribution in [-0.2, 0) is 12.1 Å².